The Hall–Kier alpha value is -3.12. The highest BCUT2D eigenvalue weighted by atomic mass is 35.5. The second-order valence-corrected chi connectivity index (χ2v) is 11.9. The number of carbonyl (C=O) groups is 1. The Bertz CT molecular complexity index is 1410. The Kier molecular flexibility index (Phi) is 8.06. The van der Waals surface area contributed by atoms with Crippen LogP contribution in [0.25, 0.3) is 0 Å². The van der Waals surface area contributed by atoms with Gasteiger partial charge in [0.05, 0.1) is 16.3 Å². The van der Waals surface area contributed by atoms with Crippen LogP contribution >= 0.6 is 11.6 Å². The second kappa shape index (κ2) is 10.6. The lowest BCUT2D eigenvalue weighted by atomic mass is 10.2. The van der Waals surface area contributed by atoms with Crippen molar-refractivity contribution in [1.82, 2.24) is 4.31 Å². The highest BCUT2D eigenvalue weighted by Crippen LogP contribution is 2.24. The highest BCUT2D eigenvalue weighted by molar-refractivity contribution is 7.92. The van der Waals surface area contributed by atoms with E-state index in [9.17, 15) is 21.6 Å². The molecule has 9 nitrogen and oxygen atoms in total. The summed E-state index contributed by atoms with van der Waals surface area (Å²) in [7, 11) is -5.07. The Morgan fingerprint density at radius 3 is 2.06 bits per heavy atom. The lowest BCUT2D eigenvalue weighted by Gasteiger charge is -2.26. The van der Waals surface area contributed by atoms with Crippen molar-refractivity contribution >= 4 is 54.8 Å². The molecule has 2 N–H and O–H groups in total. The van der Waals surface area contributed by atoms with E-state index in [1.54, 1.807) is 42.5 Å². The normalized spacial score (nSPS) is 11.8. The number of hydrogen-bond acceptors (Lipinski definition) is 5. The summed E-state index contributed by atoms with van der Waals surface area (Å²) < 4.78 is 55.3. The molecule has 3 aromatic carbocycles. The summed E-state index contributed by atoms with van der Waals surface area (Å²) in [4.78, 5) is 12.6. The molecule has 0 bridgehead atoms. The number of benzene rings is 3. The largest absolute Gasteiger partial charge is 0.325 e. The van der Waals surface area contributed by atoms with Crippen molar-refractivity contribution in [2.24, 2.45) is 0 Å². The van der Waals surface area contributed by atoms with Gasteiger partial charge >= 0.3 is 10.2 Å². The highest BCUT2D eigenvalue weighted by Gasteiger charge is 2.27. The molecule has 0 atom stereocenters. The number of hydrogen-bond donors (Lipinski definition) is 2. The summed E-state index contributed by atoms with van der Waals surface area (Å²) in [6.07, 6.45) is 0. The quantitative estimate of drug-likeness (QED) is 0.432. The minimum atomic E-state index is -3.93. The molecule has 0 unspecified atom stereocenters. The molecule has 1 amide bonds. The van der Waals surface area contributed by atoms with E-state index in [0.29, 0.717) is 22.1 Å². The van der Waals surface area contributed by atoms with Crippen LogP contribution in [-0.2, 0) is 25.0 Å². The van der Waals surface area contributed by atoms with Crippen molar-refractivity contribution in [2.75, 3.05) is 35.0 Å². The summed E-state index contributed by atoms with van der Waals surface area (Å²) in [6, 6.07) is 18.6. The van der Waals surface area contributed by atoms with E-state index in [1.165, 1.54) is 44.4 Å². The van der Waals surface area contributed by atoms with Gasteiger partial charge in [0.25, 0.3) is 10.0 Å². The maximum Gasteiger partial charge on any atom is 0.304 e. The third-order valence-corrected chi connectivity index (χ3v) is 8.57. The summed E-state index contributed by atoms with van der Waals surface area (Å²) in [6.45, 7) is 1.34. The van der Waals surface area contributed by atoms with E-state index in [2.05, 4.69) is 10.0 Å². The van der Waals surface area contributed by atoms with Crippen molar-refractivity contribution < 1.29 is 21.6 Å². The molecule has 35 heavy (non-hydrogen) atoms. The SMILES string of the molecule is Cc1ccc(NS(=O)(=O)c2ccc(NC(=O)CN(c3ccccc3)S(=O)(=O)N(C)C)cc2)cc1Cl. The Balaban J connectivity index is 1.73. The van der Waals surface area contributed by atoms with Crippen LogP contribution in [-0.4, -0.2) is 47.7 Å². The van der Waals surface area contributed by atoms with E-state index in [-0.39, 0.29) is 4.90 Å². The van der Waals surface area contributed by atoms with Crippen LogP contribution in [0.5, 0.6) is 0 Å². The Labute approximate surface area is 210 Å². The molecule has 0 aliphatic rings. The van der Waals surface area contributed by atoms with E-state index < -0.39 is 32.7 Å². The average Bonchev–Trinajstić information content (AvgIpc) is 2.80. The van der Waals surface area contributed by atoms with Gasteiger partial charge in [0, 0.05) is 24.8 Å². The van der Waals surface area contributed by atoms with Crippen LogP contribution in [0.2, 0.25) is 5.02 Å². The van der Waals surface area contributed by atoms with Crippen molar-refractivity contribution in [2.45, 2.75) is 11.8 Å². The van der Waals surface area contributed by atoms with Gasteiger partial charge in [0.15, 0.2) is 0 Å². The predicted molar refractivity (Wildman–Crippen MR) is 138 cm³/mol. The Morgan fingerprint density at radius 1 is 0.886 bits per heavy atom. The van der Waals surface area contributed by atoms with Gasteiger partial charge in [0.1, 0.15) is 6.54 Å². The molecule has 12 heteroatoms. The number of amides is 1. The van der Waals surface area contributed by atoms with Gasteiger partial charge in [-0.15, -0.1) is 0 Å². The number of rotatable bonds is 9. The van der Waals surface area contributed by atoms with Crippen LogP contribution in [0, 0.1) is 6.92 Å². The predicted octanol–water partition coefficient (Wildman–Crippen LogP) is 3.70. The van der Waals surface area contributed by atoms with Crippen LogP contribution < -0.4 is 14.3 Å². The monoisotopic (exact) mass is 536 g/mol. The average molecular weight is 537 g/mol. The Morgan fingerprint density at radius 2 is 1.49 bits per heavy atom. The molecule has 0 spiro atoms. The molecule has 0 fully saturated rings. The molecular formula is C23H25ClN4O5S2. The lowest BCUT2D eigenvalue weighted by molar-refractivity contribution is -0.114. The van der Waals surface area contributed by atoms with Gasteiger partial charge in [-0.3, -0.25) is 9.52 Å². The first-order chi connectivity index (χ1) is 16.4. The molecular weight excluding hydrogens is 512 g/mol. The minimum absolute atomic E-state index is 0.0201. The van der Waals surface area contributed by atoms with E-state index in [0.717, 1.165) is 14.2 Å². The number of sulfonamides is 1. The van der Waals surface area contributed by atoms with Gasteiger partial charge in [-0.1, -0.05) is 35.9 Å². The molecule has 0 aromatic heterocycles. The van der Waals surface area contributed by atoms with Gasteiger partial charge in [-0.2, -0.15) is 12.7 Å². The maximum atomic E-state index is 12.8. The van der Waals surface area contributed by atoms with Gasteiger partial charge in [0.2, 0.25) is 5.91 Å². The number of nitrogens with zero attached hydrogens (tertiary/aromatic N) is 2. The lowest BCUT2D eigenvalue weighted by Crippen LogP contribution is -2.44. The zero-order valence-electron chi connectivity index (χ0n) is 19.3. The summed E-state index contributed by atoms with van der Waals surface area (Å²) in [5.74, 6) is -0.595. The number of para-hydroxylation sites is 1. The molecule has 0 saturated carbocycles. The maximum absolute atomic E-state index is 12.8. The van der Waals surface area contributed by atoms with E-state index in [1.807, 2.05) is 6.92 Å². The number of aryl methyl sites for hydroxylation is 1. The molecule has 186 valence electrons. The van der Waals surface area contributed by atoms with Crippen LogP contribution in [0.15, 0.2) is 77.7 Å². The van der Waals surface area contributed by atoms with Crippen molar-refractivity contribution in [3.05, 3.63) is 83.4 Å². The van der Waals surface area contributed by atoms with Crippen molar-refractivity contribution in [3.8, 4) is 0 Å². The molecule has 0 radical (unpaired) electrons. The molecule has 3 aromatic rings. The fourth-order valence-electron chi connectivity index (χ4n) is 3.02. The molecule has 0 aliphatic heterocycles. The fraction of sp³-hybridized carbons (Fsp3) is 0.174. The third-order valence-electron chi connectivity index (χ3n) is 4.94. The topological polar surface area (TPSA) is 116 Å². The number of halogens is 1. The second-order valence-electron chi connectivity index (χ2n) is 7.77. The first-order valence-corrected chi connectivity index (χ1v) is 13.6. The van der Waals surface area contributed by atoms with Crippen molar-refractivity contribution in [3.63, 3.8) is 0 Å². The molecule has 0 heterocycles. The van der Waals surface area contributed by atoms with Crippen LogP contribution in [0.1, 0.15) is 5.56 Å². The van der Waals surface area contributed by atoms with E-state index in [4.69, 9.17) is 11.6 Å². The molecule has 3 rings (SSSR count). The number of carbonyl (C=O) groups excluding carboxylic acids is 1. The summed E-state index contributed by atoms with van der Waals surface area (Å²) >= 11 is 6.06. The van der Waals surface area contributed by atoms with Crippen LogP contribution in [0.4, 0.5) is 17.1 Å². The van der Waals surface area contributed by atoms with Gasteiger partial charge < -0.3 is 5.32 Å². The van der Waals surface area contributed by atoms with Crippen LogP contribution in [0.3, 0.4) is 0 Å². The smallest absolute Gasteiger partial charge is 0.304 e. The zero-order valence-corrected chi connectivity index (χ0v) is 21.7. The summed E-state index contributed by atoms with van der Waals surface area (Å²) in [5.41, 5.74) is 1.78. The fourth-order valence-corrected chi connectivity index (χ4v) is 5.31. The number of anilines is 3. The molecule has 0 saturated heterocycles. The first kappa shape index (κ1) is 26.5. The van der Waals surface area contributed by atoms with E-state index >= 15 is 0 Å². The zero-order chi connectivity index (χ0) is 25.8. The first-order valence-electron chi connectivity index (χ1n) is 10.3. The minimum Gasteiger partial charge on any atom is -0.325 e. The van der Waals surface area contributed by atoms with Gasteiger partial charge in [-0.25, -0.2) is 12.7 Å². The number of nitrogens with one attached hydrogen (secondary N) is 2. The summed E-state index contributed by atoms with van der Waals surface area (Å²) in [5, 5.41) is 3.03. The third kappa shape index (κ3) is 6.51. The van der Waals surface area contributed by atoms with Gasteiger partial charge in [-0.05, 0) is 61.0 Å². The standard InChI is InChI=1S/C23H25ClN4O5S2/c1-17-9-10-19(15-22(17)24)26-34(30,31)21-13-11-18(12-14-21)25-23(29)16-28(35(32,33)27(2)3)20-7-5-4-6-8-20/h4-15,26H,16H2,1-3H3,(H,25,29). The van der Waals surface area contributed by atoms with Crippen molar-refractivity contribution in [1.29, 1.82) is 0 Å². The molecule has 0 aliphatic carbocycles.